The van der Waals surface area contributed by atoms with Crippen LogP contribution in [0.4, 0.5) is 0 Å². The third-order valence-corrected chi connectivity index (χ3v) is 4.65. The maximum absolute atomic E-state index is 11.7. The lowest BCUT2D eigenvalue weighted by atomic mass is 10.0. The van der Waals surface area contributed by atoms with Gasteiger partial charge in [0, 0.05) is 44.2 Å². The monoisotopic (exact) mass is 481 g/mol. The Morgan fingerprint density at radius 3 is 2.54 bits per heavy atom. The fraction of sp³-hybridized carbons (Fsp3) is 0.889. The summed E-state index contributed by atoms with van der Waals surface area (Å²) in [6, 6.07) is 0.446. The summed E-state index contributed by atoms with van der Waals surface area (Å²) in [4.78, 5) is 18.9. The molecule has 0 aromatic rings. The molecule has 0 unspecified atom stereocenters. The van der Waals surface area contributed by atoms with Gasteiger partial charge in [0.05, 0.1) is 19.8 Å². The molecule has 1 aliphatic carbocycles. The Balaban J connectivity index is 0.00000338. The molecule has 0 atom stereocenters. The molecule has 1 aliphatic heterocycles. The number of morpholine rings is 1. The minimum Gasteiger partial charge on any atom is -0.379 e. The highest BCUT2D eigenvalue weighted by atomic mass is 127. The number of carbonyl (C=O) groups excluding carboxylic acids is 1. The molecule has 26 heavy (non-hydrogen) atoms. The fourth-order valence-electron chi connectivity index (χ4n) is 2.87. The van der Waals surface area contributed by atoms with Gasteiger partial charge in [-0.15, -0.1) is 24.0 Å². The zero-order valence-corrected chi connectivity index (χ0v) is 18.8. The van der Waals surface area contributed by atoms with Crippen molar-refractivity contribution in [2.24, 2.45) is 4.99 Å². The van der Waals surface area contributed by atoms with E-state index in [0.29, 0.717) is 12.5 Å². The number of rotatable bonds is 9. The second-order valence-corrected chi connectivity index (χ2v) is 7.48. The second-order valence-electron chi connectivity index (χ2n) is 7.48. The number of hydrogen-bond acceptors (Lipinski definition) is 4. The maximum Gasteiger partial charge on any atom is 0.220 e. The van der Waals surface area contributed by atoms with Crippen LogP contribution in [0, 0.1) is 0 Å². The van der Waals surface area contributed by atoms with Crippen molar-refractivity contribution >= 4 is 35.8 Å². The van der Waals surface area contributed by atoms with Crippen molar-refractivity contribution < 1.29 is 9.53 Å². The predicted octanol–water partition coefficient (Wildman–Crippen LogP) is 1.33. The number of ether oxygens (including phenoxy) is 1. The molecule has 7 nitrogen and oxygen atoms in total. The summed E-state index contributed by atoms with van der Waals surface area (Å²) in [5, 5.41) is 9.64. The summed E-state index contributed by atoms with van der Waals surface area (Å²) in [6.07, 6.45) is 3.66. The lowest BCUT2D eigenvalue weighted by Crippen LogP contribution is -2.52. The fourth-order valence-corrected chi connectivity index (χ4v) is 2.87. The van der Waals surface area contributed by atoms with Crippen LogP contribution < -0.4 is 16.0 Å². The summed E-state index contributed by atoms with van der Waals surface area (Å²) >= 11 is 0. The van der Waals surface area contributed by atoms with E-state index in [-0.39, 0.29) is 35.4 Å². The third kappa shape index (κ3) is 8.85. The summed E-state index contributed by atoms with van der Waals surface area (Å²) < 4.78 is 5.44. The number of halogens is 1. The molecule has 2 aliphatic rings. The van der Waals surface area contributed by atoms with Crippen molar-refractivity contribution in [2.45, 2.75) is 58.0 Å². The predicted molar refractivity (Wildman–Crippen MR) is 116 cm³/mol. The van der Waals surface area contributed by atoms with Crippen LogP contribution >= 0.6 is 24.0 Å². The largest absolute Gasteiger partial charge is 0.379 e. The van der Waals surface area contributed by atoms with E-state index in [0.717, 1.165) is 71.2 Å². The molecule has 1 amide bonds. The summed E-state index contributed by atoms with van der Waals surface area (Å²) in [6.45, 7) is 12.3. The van der Waals surface area contributed by atoms with Gasteiger partial charge in [0.15, 0.2) is 5.96 Å². The van der Waals surface area contributed by atoms with Gasteiger partial charge in [0.1, 0.15) is 0 Å². The van der Waals surface area contributed by atoms with Gasteiger partial charge < -0.3 is 20.7 Å². The highest BCUT2D eigenvalue weighted by Gasteiger charge is 2.28. The number of nitrogens with one attached hydrogen (secondary N) is 3. The van der Waals surface area contributed by atoms with Crippen molar-refractivity contribution in [2.75, 3.05) is 45.9 Å². The number of guanidine groups is 1. The first-order chi connectivity index (χ1) is 12.0. The van der Waals surface area contributed by atoms with Crippen LogP contribution in [0.15, 0.2) is 4.99 Å². The average Bonchev–Trinajstić information content (AvgIpc) is 3.41. The quantitative estimate of drug-likeness (QED) is 0.201. The number of carbonyl (C=O) groups is 1. The Hall–Kier alpha value is -0.610. The van der Waals surface area contributed by atoms with Crippen LogP contribution in [-0.2, 0) is 9.53 Å². The number of hydrogen-bond donors (Lipinski definition) is 3. The van der Waals surface area contributed by atoms with E-state index in [1.54, 1.807) is 0 Å². The van der Waals surface area contributed by atoms with Crippen molar-refractivity contribution in [3.8, 4) is 0 Å². The molecular formula is C18H36IN5O2. The van der Waals surface area contributed by atoms with E-state index in [2.05, 4.69) is 41.6 Å². The molecule has 1 saturated carbocycles. The molecule has 2 rings (SSSR count). The summed E-state index contributed by atoms with van der Waals surface area (Å²) in [5.74, 6) is 0.992. The molecule has 2 fully saturated rings. The minimum absolute atomic E-state index is 0. The normalized spacial score (nSPS) is 18.8. The zero-order valence-electron chi connectivity index (χ0n) is 16.5. The van der Waals surface area contributed by atoms with Crippen LogP contribution in [0.3, 0.4) is 0 Å². The maximum atomic E-state index is 11.7. The van der Waals surface area contributed by atoms with Gasteiger partial charge in [-0.3, -0.25) is 14.7 Å². The second kappa shape index (κ2) is 12.0. The van der Waals surface area contributed by atoms with Gasteiger partial charge in [0.25, 0.3) is 0 Å². The molecule has 1 heterocycles. The Morgan fingerprint density at radius 1 is 1.23 bits per heavy atom. The molecule has 152 valence electrons. The Morgan fingerprint density at radius 2 is 1.92 bits per heavy atom. The average molecular weight is 481 g/mol. The van der Waals surface area contributed by atoms with Crippen LogP contribution in [0.25, 0.3) is 0 Å². The van der Waals surface area contributed by atoms with E-state index in [1.807, 2.05) is 0 Å². The van der Waals surface area contributed by atoms with Gasteiger partial charge in [-0.25, -0.2) is 0 Å². The van der Waals surface area contributed by atoms with E-state index >= 15 is 0 Å². The molecule has 0 spiro atoms. The number of amides is 1. The summed E-state index contributed by atoms with van der Waals surface area (Å²) in [7, 11) is 0. The topological polar surface area (TPSA) is 78.0 Å². The first-order valence-electron chi connectivity index (χ1n) is 9.65. The Kier molecular flexibility index (Phi) is 10.8. The number of aliphatic imine (C=N–C) groups is 1. The van der Waals surface area contributed by atoms with Crippen LogP contribution in [0.5, 0.6) is 0 Å². The van der Waals surface area contributed by atoms with Crippen molar-refractivity contribution in [1.29, 1.82) is 0 Å². The zero-order chi connectivity index (χ0) is 18.1. The van der Waals surface area contributed by atoms with E-state index in [1.165, 1.54) is 0 Å². The number of nitrogens with zero attached hydrogens (tertiary/aromatic N) is 2. The molecule has 3 N–H and O–H groups in total. The lowest BCUT2D eigenvalue weighted by Gasteiger charge is -2.39. The molecule has 0 aromatic carbocycles. The molecule has 0 bridgehead atoms. The highest BCUT2D eigenvalue weighted by Crippen LogP contribution is 2.18. The molecule has 1 saturated heterocycles. The molecule has 0 radical (unpaired) electrons. The van der Waals surface area contributed by atoms with Crippen molar-refractivity contribution in [1.82, 2.24) is 20.9 Å². The molecular weight excluding hydrogens is 445 g/mol. The Bertz CT molecular complexity index is 449. The van der Waals surface area contributed by atoms with Gasteiger partial charge in [-0.05, 0) is 40.0 Å². The van der Waals surface area contributed by atoms with Crippen molar-refractivity contribution in [3.05, 3.63) is 0 Å². The third-order valence-electron chi connectivity index (χ3n) is 4.65. The van der Waals surface area contributed by atoms with E-state index in [4.69, 9.17) is 9.73 Å². The van der Waals surface area contributed by atoms with E-state index in [9.17, 15) is 4.79 Å². The van der Waals surface area contributed by atoms with Crippen LogP contribution in [0.2, 0.25) is 0 Å². The van der Waals surface area contributed by atoms with Crippen molar-refractivity contribution in [3.63, 3.8) is 0 Å². The SMILES string of the molecule is CCNC(=NCC(C)(C)N1CCOCC1)NCCCC(=O)NC1CC1.I. The highest BCUT2D eigenvalue weighted by molar-refractivity contribution is 14.0. The Labute approximate surface area is 175 Å². The standard InChI is InChI=1S/C18H35N5O2.HI/c1-4-19-17(20-9-5-6-16(24)22-15-7-8-15)21-14-18(2,3)23-10-12-25-13-11-23;/h15H,4-14H2,1-3H3,(H,22,24)(H2,19,20,21);1H. The first-order valence-corrected chi connectivity index (χ1v) is 9.65. The lowest BCUT2D eigenvalue weighted by molar-refractivity contribution is -0.121. The van der Waals surface area contributed by atoms with Crippen LogP contribution in [0.1, 0.15) is 46.5 Å². The van der Waals surface area contributed by atoms with Gasteiger partial charge in [0.2, 0.25) is 5.91 Å². The first kappa shape index (κ1) is 23.4. The van der Waals surface area contributed by atoms with Gasteiger partial charge in [-0.2, -0.15) is 0 Å². The van der Waals surface area contributed by atoms with Gasteiger partial charge in [-0.1, -0.05) is 0 Å². The smallest absolute Gasteiger partial charge is 0.220 e. The summed E-state index contributed by atoms with van der Waals surface area (Å²) in [5.41, 5.74) is 0.0102. The molecule has 8 heteroatoms. The van der Waals surface area contributed by atoms with Gasteiger partial charge >= 0.3 is 0 Å². The van der Waals surface area contributed by atoms with E-state index < -0.39 is 0 Å². The van der Waals surface area contributed by atoms with Crippen LogP contribution in [-0.4, -0.2) is 74.3 Å². The molecule has 0 aromatic heterocycles. The minimum atomic E-state index is 0.